The summed E-state index contributed by atoms with van der Waals surface area (Å²) in [5.41, 5.74) is 9.54. The summed E-state index contributed by atoms with van der Waals surface area (Å²) in [5, 5.41) is 8.81. The molecule has 2 aromatic rings. The summed E-state index contributed by atoms with van der Waals surface area (Å²) < 4.78 is 3.92. The number of hydrogen-bond donors (Lipinski definition) is 1. The van der Waals surface area contributed by atoms with E-state index in [9.17, 15) is 0 Å². The Hall–Kier alpha value is -1.62. The summed E-state index contributed by atoms with van der Waals surface area (Å²) in [6.45, 7) is 7.92. The summed E-state index contributed by atoms with van der Waals surface area (Å²) in [6.07, 6.45) is 2.73. The highest BCUT2D eigenvalue weighted by Gasteiger charge is 2.18. The van der Waals surface area contributed by atoms with E-state index in [1.807, 2.05) is 15.4 Å². The van der Waals surface area contributed by atoms with Crippen LogP contribution in [0.4, 0.5) is 0 Å². The van der Waals surface area contributed by atoms with E-state index >= 15 is 0 Å². The van der Waals surface area contributed by atoms with Crippen LogP contribution in [0.3, 0.4) is 0 Å². The molecular weight excluding hydrogens is 226 g/mol. The van der Waals surface area contributed by atoms with E-state index in [4.69, 9.17) is 5.73 Å². The van der Waals surface area contributed by atoms with Crippen LogP contribution < -0.4 is 5.73 Å². The van der Waals surface area contributed by atoms with Crippen LogP contribution in [0.15, 0.2) is 18.3 Å². The fourth-order valence-electron chi connectivity index (χ4n) is 2.19. The lowest BCUT2D eigenvalue weighted by Crippen LogP contribution is -2.20. The number of nitrogens with zero attached hydrogens (tertiary/aromatic N) is 4. The molecule has 0 saturated carbocycles. The van der Waals surface area contributed by atoms with E-state index in [-0.39, 0.29) is 6.04 Å². The minimum atomic E-state index is -0.166. The van der Waals surface area contributed by atoms with Crippen LogP contribution in [-0.2, 0) is 19.5 Å². The molecule has 2 rings (SSSR count). The van der Waals surface area contributed by atoms with Gasteiger partial charge in [0, 0.05) is 19.3 Å². The summed E-state index contributed by atoms with van der Waals surface area (Å²) in [6, 6.07) is 3.91. The van der Waals surface area contributed by atoms with Gasteiger partial charge in [0.05, 0.1) is 23.1 Å². The van der Waals surface area contributed by atoms with Gasteiger partial charge in [-0.1, -0.05) is 6.92 Å². The highest BCUT2D eigenvalue weighted by molar-refractivity contribution is 5.23. The maximum absolute atomic E-state index is 6.36. The van der Waals surface area contributed by atoms with Gasteiger partial charge < -0.3 is 5.73 Å². The standard InChI is InChI=1S/C13H21N5/c1-4-10-9-12(18(6-3)16-10)13(14)11-7-8-15-17(11)5-2/h7-9,13H,4-6,14H2,1-3H3. The van der Waals surface area contributed by atoms with Gasteiger partial charge in [-0.25, -0.2) is 0 Å². The third-order valence-electron chi connectivity index (χ3n) is 3.21. The maximum atomic E-state index is 6.36. The molecule has 2 heterocycles. The number of aromatic nitrogens is 4. The van der Waals surface area contributed by atoms with Gasteiger partial charge in [-0.2, -0.15) is 10.2 Å². The van der Waals surface area contributed by atoms with Crippen LogP contribution in [0.5, 0.6) is 0 Å². The van der Waals surface area contributed by atoms with Crippen molar-refractivity contribution in [2.45, 2.75) is 46.3 Å². The lowest BCUT2D eigenvalue weighted by atomic mass is 10.1. The number of aryl methyl sites for hydroxylation is 3. The quantitative estimate of drug-likeness (QED) is 0.875. The topological polar surface area (TPSA) is 61.7 Å². The van der Waals surface area contributed by atoms with E-state index < -0.39 is 0 Å². The number of nitrogens with two attached hydrogens (primary N) is 1. The zero-order valence-electron chi connectivity index (χ0n) is 11.3. The van der Waals surface area contributed by atoms with E-state index in [0.29, 0.717) is 0 Å². The van der Waals surface area contributed by atoms with E-state index in [2.05, 4.69) is 37.0 Å². The monoisotopic (exact) mass is 247 g/mol. The molecule has 0 aliphatic carbocycles. The molecule has 18 heavy (non-hydrogen) atoms. The molecule has 1 atom stereocenters. The molecule has 0 saturated heterocycles. The van der Waals surface area contributed by atoms with Crippen molar-refractivity contribution in [2.24, 2.45) is 5.73 Å². The number of hydrogen-bond acceptors (Lipinski definition) is 3. The van der Waals surface area contributed by atoms with E-state index in [1.54, 1.807) is 6.20 Å². The third kappa shape index (κ3) is 2.18. The Labute approximate surface area is 108 Å². The first kappa shape index (κ1) is 12.8. The molecule has 2 aromatic heterocycles. The lowest BCUT2D eigenvalue weighted by Gasteiger charge is -2.14. The third-order valence-corrected chi connectivity index (χ3v) is 3.21. The molecule has 0 aliphatic rings. The van der Waals surface area contributed by atoms with Crippen LogP contribution >= 0.6 is 0 Å². The van der Waals surface area contributed by atoms with Gasteiger partial charge in [-0.05, 0) is 32.4 Å². The SMILES string of the molecule is CCc1cc(C(N)c2ccnn2CC)n(CC)n1. The minimum Gasteiger partial charge on any atom is -0.318 e. The van der Waals surface area contributed by atoms with Gasteiger partial charge in [-0.3, -0.25) is 9.36 Å². The van der Waals surface area contributed by atoms with Crippen molar-refractivity contribution in [3.8, 4) is 0 Å². The van der Waals surface area contributed by atoms with Gasteiger partial charge in [0.15, 0.2) is 0 Å². The second kappa shape index (κ2) is 5.35. The van der Waals surface area contributed by atoms with Crippen LogP contribution in [0.25, 0.3) is 0 Å². The Bertz CT molecular complexity index is 511. The Balaban J connectivity index is 2.38. The van der Waals surface area contributed by atoms with Gasteiger partial charge in [0.1, 0.15) is 0 Å². The normalized spacial score (nSPS) is 12.9. The molecule has 0 radical (unpaired) electrons. The predicted octanol–water partition coefficient (Wildman–Crippen LogP) is 1.73. The zero-order valence-corrected chi connectivity index (χ0v) is 11.3. The van der Waals surface area contributed by atoms with Crippen molar-refractivity contribution in [1.29, 1.82) is 0 Å². The van der Waals surface area contributed by atoms with Gasteiger partial charge in [0.25, 0.3) is 0 Å². The van der Waals surface area contributed by atoms with Gasteiger partial charge in [0.2, 0.25) is 0 Å². The smallest absolute Gasteiger partial charge is 0.0893 e. The fourth-order valence-corrected chi connectivity index (χ4v) is 2.19. The van der Waals surface area contributed by atoms with Gasteiger partial charge >= 0.3 is 0 Å². The molecule has 1 unspecified atom stereocenters. The second-order valence-corrected chi connectivity index (χ2v) is 4.28. The molecule has 2 N–H and O–H groups in total. The van der Waals surface area contributed by atoms with Crippen LogP contribution in [0.1, 0.15) is 43.9 Å². The van der Waals surface area contributed by atoms with Crippen molar-refractivity contribution < 1.29 is 0 Å². The average molecular weight is 247 g/mol. The Kier molecular flexibility index (Phi) is 3.81. The molecule has 5 heteroatoms. The van der Waals surface area contributed by atoms with E-state index in [0.717, 1.165) is 36.6 Å². The molecule has 98 valence electrons. The van der Waals surface area contributed by atoms with Crippen molar-refractivity contribution in [1.82, 2.24) is 19.6 Å². The second-order valence-electron chi connectivity index (χ2n) is 4.28. The summed E-state index contributed by atoms with van der Waals surface area (Å²) >= 11 is 0. The molecule has 0 fully saturated rings. The first-order valence-electron chi connectivity index (χ1n) is 6.55. The predicted molar refractivity (Wildman–Crippen MR) is 71.2 cm³/mol. The largest absolute Gasteiger partial charge is 0.318 e. The minimum absolute atomic E-state index is 0.166. The maximum Gasteiger partial charge on any atom is 0.0893 e. The first-order chi connectivity index (χ1) is 8.71. The Morgan fingerprint density at radius 2 is 1.89 bits per heavy atom. The van der Waals surface area contributed by atoms with Crippen LogP contribution in [-0.4, -0.2) is 19.6 Å². The Morgan fingerprint density at radius 3 is 2.50 bits per heavy atom. The van der Waals surface area contributed by atoms with E-state index in [1.165, 1.54) is 0 Å². The molecule has 5 nitrogen and oxygen atoms in total. The summed E-state index contributed by atoms with van der Waals surface area (Å²) in [5.74, 6) is 0. The lowest BCUT2D eigenvalue weighted by molar-refractivity contribution is 0.556. The summed E-state index contributed by atoms with van der Waals surface area (Å²) in [4.78, 5) is 0. The molecular formula is C13H21N5. The van der Waals surface area contributed by atoms with Crippen molar-refractivity contribution in [3.05, 3.63) is 35.4 Å². The zero-order chi connectivity index (χ0) is 13.1. The molecule has 0 aromatic carbocycles. The summed E-state index contributed by atoms with van der Waals surface area (Å²) in [7, 11) is 0. The van der Waals surface area contributed by atoms with Crippen molar-refractivity contribution in [3.63, 3.8) is 0 Å². The highest BCUT2D eigenvalue weighted by Crippen LogP contribution is 2.20. The van der Waals surface area contributed by atoms with Crippen molar-refractivity contribution in [2.75, 3.05) is 0 Å². The van der Waals surface area contributed by atoms with Gasteiger partial charge in [-0.15, -0.1) is 0 Å². The molecule has 0 spiro atoms. The van der Waals surface area contributed by atoms with Crippen molar-refractivity contribution >= 4 is 0 Å². The van der Waals surface area contributed by atoms with Crippen LogP contribution in [0, 0.1) is 0 Å². The number of rotatable bonds is 5. The molecule has 0 bridgehead atoms. The highest BCUT2D eigenvalue weighted by atomic mass is 15.3. The first-order valence-corrected chi connectivity index (χ1v) is 6.55. The average Bonchev–Trinajstić information content (AvgIpc) is 3.03. The Morgan fingerprint density at radius 1 is 1.17 bits per heavy atom. The fraction of sp³-hybridized carbons (Fsp3) is 0.538. The van der Waals surface area contributed by atoms with Crippen LogP contribution in [0.2, 0.25) is 0 Å². The molecule has 0 amide bonds. The molecule has 0 aliphatic heterocycles.